The quantitative estimate of drug-likeness (QED) is 0.851. The van der Waals surface area contributed by atoms with Crippen LogP contribution < -0.4 is 11.1 Å². The predicted octanol–water partition coefficient (Wildman–Crippen LogP) is 0.438. The first-order valence-electron chi connectivity index (χ1n) is 7.12. The molecule has 1 aliphatic rings. The van der Waals surface area contributed by atoms with E-state index in [1.54, 1.807) is 17.0 Å². The summed E-state index contributed by atoms with van der Waals surface area (Å²) in [6, 6.07) is 10.6. The number of halogens is 1. The van der Waals surface area contributed by atoms with Crippen LogP contribution in [0.3, 0.4) is 0 Å². The molecule has 2 heterocycles. The predicted molar refractivity (Wildman–Crippen MR) is 88.1 cm³/mol. The number of carbonyl (C=O) groups excluding carboxylic acids is 2. The summed E-state index contributed by atoms with van der Waals surface area (Å²) in [5.41, 5.74) is 6.53. The van der Waals surface area contributed by atoms with Crippen molar-refractivity contribution in [3.8, 4) is 5.69 Å². The Labute approximate surface area is 139 Å². The lowest BCUT2D eigenvalue weighted by molar-refractivity contribution is 0.0729. The van der Waals surface area contributed by atoms with Crippen molar-refractivity contribution in [3.63, 3.8) is 0 Å². The topological polar surface area (TPSA) is 93.2 Å². The van der Waals surface area contributed by atoms with Gasteiger partial charge in [0.05, 0.1) is 5.69 Å². The summed E-state index contributed by atoms with van der Waals surface area (Å²) in [5.74, 6) is -0.797. The van der Waals surface area contributed by atoms with E-state index < -0.39 is 5.91 Å². The zero-order valence-electron chi connectivity index (χ0n) is 12.4. The molecule has 1 aromatic heterocycles. The molecule has 1 fully saturated rings. The maximum absolute atomic E-state index is 12.5. The van der Waals surface area contributed by atoms with Crippen LogP contribution in [0.25, 0.3) is 5.69 Å². The van der Waals surface area contributed by atoms with Gasteiger partial charge in [-0.25, -0.2) is 4.68 Å². The number of carbonyl (C=O) groups is 2. The molecule has 2 amide bonds. The summed E-state index contributed by atoms with van der Waals surface area (Å²) in [5, 5.41) is 7.47. The molecule has 0 radical (unpaired) electrons. The van der Waals surface area contributed by atoms with Crippen molar-refractivity contribution in [1.82, 2.24) is 20.0 Å². The standard InChI is InChI=1S/C15H17N5O2.ClH/c16-14(21)13-10-12(15(22)19-8-6-17-7-9-19)18-20(13)11-4-2-1-3-5-11;/h1-5,10,17H,6-9H2,(H2,16,21);1H. The summed E-state index contributed by atoms with van der Waals surface area (Å²) >= 11 is 0. The van der Waals surface area contributed by atoms with Crippen LogP contribution in [0.5, 0.6) is 0 Å². The normalized spacial score (nSPS) is 14.2. The molecule has 1 aromatic carbocycles. The fourth-order valence-corrected chi connectivity index (χ4v) is 2.46. The van der Waals surface area contributed by atoms with Crippen molar-refractivity contribution in [2.45, 2.75) is 0 Å². The van der Waals surface area contributed by atoms with E-state index in [1.165, 1.54) is 10.7 Å². The van der Waals surface area contributed by atoms with Gasteiger partial charge in [0, 0.05) is 32.2 Å². The molecule has 7 nitrogen and oxygen atoms in total. The molecule has 0 bridgehead atoms. The van der Waals surface area contributed by atoms with Crippen LogP contribution in [0, 0.1) is 0 Å². The van der Waals surface area contributed by atoms with E-state index >= 15 is 0 Å². The van der Waals surface area contributed by atoms with Gasteiger partial charge >= 0.3 is 0 Å². The number of nitrogens with one attached hydrogen (secondary N) is 1. The van der Waals surface area contributed by atoms with Gasteiger partial charge in [0.1, 0.15) is 5.69 Å². The van der Waals surface area contributed by atoms with Gasteiger partial charge in [0.15, 0.2) is 5.69 Å². The fourth-order valence-electron chi connectivity index (χ4n) is 2.46. The van der Waals surface area contributed by atoms with E-state index in [4.69, 9.17) is 5.73 Å². The van der Waals surface area contributed by atoms with Crippen molar-refractivity contribution < 1.29 is 9.59 Å². The lowest BCUT2D eigenvalue weighted by atomic mass is 10.2. The van der Waals surface area contributed by atoms with Gasteiger partial charge in [-0.05, 0) is 12.1 Å². The first kappa shape index (κ1) is 17.0. The molecule has 0 atom stereocenters. The molecule has 0 unspecified atom stereocenters. The zero-order chi connectivity index (χ0) is 15.5. The Morgan fingerprint density at radius 3 is 2.39 bits per heavy atom. The van der Waals surface area contributed by atoms with Gasteiger partial charge in [-0.15, -0.1) is 12.4 Å². The lowest BCUT2D eigenvalue weighted by Gasteiger charge is -2.26. The third-order valence-corrected chi connectivity index (χ3v) is 3.59. The van der Waals surface area contributed by atoms with Crippen LogP contribution in [0.4, 0.5) is 0 Å². The molecule has 2 aromatic rings. The highest BCUT2D eigenvalue weighted by molar-refractivity contribution is 5.97. The molecular weight excluding hydrogens is 318 g/mol. The minimum atomic E-state index is -0.615. The third kappa shape index (κ3) is 3.52. The van der Waals surface area contributed by atoms with Crippen molar-refractivity contribution in [2.75, 3.05) is 26.2 Å². The molecule has 23 heavy (non-hydrogen) atoms. The Morgan fingerprint density at radius 1 is 1.13 bits per heavy atom. The Bertz CT molecular complexity index is 695. The van der Waals surface area contributed by atoms with E-state index in [0.29, 0.717) is 18.8 Å². The van der Waals surface area contributed by atoms with E-state index in [0.717, 1.165) is 13.1 Å². The Hall–Kier alpha value is -2.38. The van der Waals surface area contributed by atoms with Gasteiger partial charge in [-0.1, -0.05) is 18.2 Å². The van der Waals surface area contributed by atoms with Crippen molar-refractivity contribution in [1.29, 1.82) is 0 Å². The highest BCUT2D eigenvalue weighted by atomic mass is 35.5. The van der Waals surface area contributed by atoms with Crippen LogP contribution >= 0.6 is 12.4 Å². The van der Waals surface area contributed by atoms with E-state index in [9.17, 15) is 9.59 Å². The number of benzene rings is 1. The molecule has 0 aliphatic carbocycles. The van der Waals surface area contributed by atoms with Gasteiger partial charge in [-0.2, -0.15) is 5.10 Å². The molecule has 0 spiro atoms. The number of amides is 2. The molecule has 1 aliphatic heterocycles. The fraction of sp³-hybridized carbons (Fsp3) is 0.267. The number of rotatable bonds is 3. The first-order chi connectivity index (χ1) is 10.7. The Balaban J connectivity index is 0.00000192. The Morgan fingerprint density at radius 2 is 1.78 bits per heavy atom. The summed E-state index contributed by atoms with van der Waals surface area (Å²) in [7, 11) is 0. The molecule has 3 N–H and O–H groups in total. The SMILES string of the molecule is Cl.NC(=O)c1cc(C(=O)N2CCNCC2)nn1-c1ccccc1. The number of aromatic nitrogens is 2. The number of nitrogens with zero attached hydrogens (tertiary/aromatic N) is 3. The minimum absolute atomic E-state index is 0. The number of nitrogens with two attached hydrogens (primary N) is 1. The largest absolute Gasteiger partial charge is 0.364 e. The molecule has 122 valence electrons. The summed E-state index contributed by atoms with van der Waals surface area (Å²) in [4.78, 5) is 25.8. The number of hydrogen-bond donors (Lipinski definition) is 2. The molecule has 3 rings (SSSR count). The molecule has 0 saturated carbocycles. The van der Waals surface area contributed by atoms with Gasteiger partial charge in [0.2, 0.25) is 0 Å². The first-order valence-corrected chi connectivity index (χ1v) is 7.12. The number of para-hydroxylation sites is 1. The van der Waals surface area contributed by atoms with Gasteiger partial charge in [0.25, 0.3) is 11.8 Å². The molecular formula is C15H18ClN5O2. The van der Waals surface area contributed by atoms with E-state index in [1.807, 2.05) is 18.2 Å². The van der Waals surface area contributed by atoms with E-state index in [2.05, 4.69) is 10.4 Å². The molecule has 1 saturated heterocycles. The highest BCUT2D eigenvalue weighted by Crippen LogP contribution is 2.14. The van der Waals surface area contributed by atoms with Crippen LogP contribution in [0.1, 0.15) is 21.0 Å². The lowest BCUT2D eigenvalue weighted by Crippen LogP contribution is -2.46. The average Bonchev–Trinajstić information content (AvgIpc) is 3.01. The second kappa shape index (κ2) is 7.26. The van der Waals surface area contributed by atoms with E-state index in [-0.39, 0.29) is 29.7 Å². The summed E-state index contributed by atoms with van der Waals surface area (Å²) in [6.45, 7) is 2.77. The van der Waals surface area contributed by atoms with Crippen molar-refractivity contribution in [3.05, 3.63) is 47.8 Å². The Kier molecular flexibility index (Phi) is 5.36. The van der Waals surface area contributed by atoms with Crippen molar-refractivity contribution >= 4 is 24.2 Å². The molecule has 8 heteroatoms. The van der Waals surface area contributed by atoms with Crippen LogP contribution in [0.15, 0.2) is 36.4 Å². The van der Waals surface area contributed by atoms with Crippen LogP contribution in [-0.4, -0.2) is 52.7 Å². The smallest absolute Gasteiger partial charge is 0.274 e. The third-order valence-electron chi connectivity index (χ3n) is 3.59. The van der Waals surface area contributed by atoms with Crippen LogP contribution in [-0.2, 0) is 0 Å². The van der Waals surface area contributed by atoms with Crippen LogP contribution in [0.2, 0.25) is 0 Å². The van der Waals surface area contributed by atoms with Gasteiger partial charge < -0.3 is 16.0 Å². The number of hydrogen-bond acceptors (Lipinski definition) is 4. The minimum Gasteiger partial charge on any atom is -0.364 e. The highest BCUT2D eigenvalue weighted by Gasteiger charge is 2.23. The summed E-state index contributed by atoms with van der Waals surface area (Å²) in [6.07, 6.45) is 0. The second-order valence-corrected chi connectivity index (χ2v) is 5.07. The number of piperazine rings is 1. The zero-order valence-corrected chi connectivity index (χ0v) is 13.3. The second-order valence-electron chi connectivity index (χ2n) is 5.07. The number of primary amides is 1. The average molecular weight is 336 g/mol. The van der Waals surface area contributed by atoms with Crippen molar-refractivity contribution in [2.24, 2.45) is 5.73 Å². The monoisotopic (exact) mass is 335 g/mol. The maximum atomic E-state index is 12.5. The van der Waals surface area contributed by atoms with Gasteiger partial charge in [-0.3, -0.25) is 9.59 Å². The maximum Gasteiger partial charge on any atom is 0.274 e. The summed E-state index contributed by atoms with van der Waals surface area (Å²) < 4.78 is 1.41.